The molecule has 0 saturated heterocycles. The summed E-state index contributed by atoms with van der Waals surface area (Å²) in [6.07, 6.45) is 5.24. The lowest BCUT2D eigenvalue weighted by Crippen LogP contribution is -2.40. The number of hydrogen-bond acceptors (Lipinski definition) is 3. The van der Waals surface area contributed by atoms with Gasteiger partial charge >= 0.3 is 0 Å². The number of rotatable bonds is 6. The highest BCUT2D eigenvalue weighted by Gasteiger charge is 2.25. The molecule has 0 spiro atoms. The molecule has 110 valence electrons. The smallest absolute Gasteiger partial charge is 0.243 e. The van der Waals surface area contributed by atoms with Crippen LogP contribution in [0, 0.1) is 6.92 Å². The molecule has 2 atom stereocenters. The molecule has 0 fully saturated rings. The summed E-state index contributed by atoms with van der Waals surface area (Å²) in [5, 5.41) is 7.22. The fourth-order valence-corrected chi connectivity index (χ4v) is 2.34. The van der Waals surface area contributed by atoms with Gasteiger partial charge in [0.15, 0.2) is 0 Å². The predicted octanol–water partition coefficient (Wildman–Crippen LogP) is 2.26. The van der Waals surface area contributed by atoms with E-state index in [-0.39, 0.29) is 18.0 Å². The standard InChI is InChI=1S/C16H20N4O/c1-4-14(19-15(21)5-2)16(20-11-17-10-18-20)13-8-6-12(3)7-9-13/h5-11,14,16H,2,4H2,1,3H3,(H,19,21)/t14-,16+/m0/s1. The third kappa shape index (κ3) is 3.56. The van der Waals surface area contributed by atoms with E-state index in [1.54, 1.807) is 11.0 Å². The van der Waals surface area contributed by atoms with Crippen molar-refractivity contribution in [3.63, 3.8) is 0 Å². The molecule has 5 heteroatoms. The van der Waals surface area contributed by atoms with E-state index in [1.807, 2.05) is 13.8 Å². The zero-order valence-electron chi connectivity index (χ0n) is 12.4. The summed E-state index contributed by atoms with van der Waals surface area (Å²) in [5.41, 5.74) is 2.28. The number of carbonyl (C=O) groups is 1. The monoisotopic (exact) mass is 284 g/mol. The topological polar surface area (TPSA) is 59.8 Å². The van der Waals surface area contributed by atoms with Gasteiger partial charge in [-0.25, -0.2) is 9.67 Å². The second kappa shape index (κ2) is 6.83. The van der Waals surface area contributed by atoms with Crippen LogP contribution in [0.3, 0.4) is 0 Å². The minimum atomic E-state index is -0.181. The van der Waals surface area contributed by atoms with Crippen molar-refractivity contribution in [2.75, 3.05) is 0 Å². The van der Waals surface area contributed by atoms with E-state index in [1.165, 1.54) is 18.0 Å². The molecule has 1 aromatic carbocycles. The van der Waals surface area contributed by atoms with Crippen LogP contribution in [0.5, 0.6) is 0 Å². The SMILES string of the molecule is C=CC(=O)N[C@@H](CC)[C@@H](c1ccc(C)cc1)n1cncn1. The van der Waals surface area contributed by atoms with Gasteiger partial charge in [-0.1, -0.05) is 43.3 Å². The first-order chi connectivity index (χ1) is 10.2. The van der Waals surface area contributed by atoms with Crippen LogP contribution in [0.1, 0.15) is 30.5 Å². The van der Waals surface area contributed by atoms with E-state index < -0.39 is 0 Å². The van der Waals surface area contributed by atoms with Crippen LogP contribution in [0.25, 0.3) is 0 Å². The minimum Gasteiger partial charge on any atom is -0.347 e. The van der Waals surface area contributed by atoms with Crippen LogP contribution in [-0.4, -0.2) is 26.7 Å². The fraction of sp³-hybridized carbons (Fsp3) is 0.312. The van der Waals surface area contributed by atoms with Crippen molar-refractivity contribution < 1.29 is 4.79 Å². The normalized spacial score (nSPS) is 13.4. The second-order valence-corrected chi connectivity index (χ2v) is 4.96. The number of amides is 1. The van der Waals surface area contributed by atoms with E-state index in [9.17, 15) is 4.79 Å². The molecule has 0 aliphatic heterocycles. The van der Waals surface area contributed by atoms with Crippen LogP contribution < -0.4 is 5.32 Å². The van der Waals surface area contributed by atoms with Gasteiger partial charge < -0.3 is 5.32 Å². The van der Waals surface area contributed by atoms with E-state index in [2.05, 4.69) is 46.2 Å². The fourth-order valence-electron chi connectivity index (χ4n) is 2.34. The first-order valence-corrected chi connectivity index (χ1v) is 6.99. The molecule has 1 aromatic heterocycles. The number of aryl methyl sites for hydroxylation is 1. The van der Waals surface area contributed by atoms with Gasteiger partial charge in [0, 0.05) is 0 Å². The van der Waals surface area contributed by atoms with E-state index in [0.29, 0.717) is 0 Å². The van der Waals surface area contributed by atoms with E-state index in [4.69, 9.17) is 0 Å². The van der Waals surface area contributed by atoms with Gasteiger partial charge in [-0.05, 0) is 25.0 Å². The van der Waals surface area contributed by atoms with Crippen LogP contribution in [-0.2, 0) is 4.79 Å². The van der Waals surface area contributed by atoms with Crippen LogP contribution in [0.15, 0.2) is 49.6 Å². The average Bonchev–Trinajstić information content (AvgIpc) is 3.02. The molecule has 5 nitrogen and oxygen atoms in total. The van der Waals surface area contributed by atoms with Crippen molar-refractivity contribution in [2.45, 2.75) is 32.4 Å². The van der Waals surface area contributed by atoms with Gasteiger partial charge in [0.05, 0.1) is 12.1 Å². The Morgan fingerprint density at radius 1 is 1.43 bits per heavy atom. The van der Waals surface area contributed by atoms with E-state index in [0.717, 1.165) is 12.0 Å². The molecule has 1 heterocycles. The summed E-state index contributed by atoms with van der Waals surface area (Å²) in [7, 11) is 0. The molecular formula is C16H20N4O. The van der Waals surface area contributed by atoms with Crippen LogP contribution >= 0.6 is 0 Å². The van der Waals surface area contributed by atoms with Crippen molar-refractivity contribution in [1.29, 1.82) is 0 Å². The van der Waals surface area contributed by atoms with Gasteiger partial charge in [-0.2, -0.15) is 5.10 Å². The third-order valence-electron chi connectivity index (χ3n) is 3.47. The van der Waals surface area contributed by atoms with Crippen molar-refractivity contribution >= 4 is 5.91 Å². The Labute approximate surface area is 124 Å². The summed E-state index contributed by atoms with van der Waals surface area (Å²) in [5.74, 6) is -0.181. The first kappa shape index (κ1) is 15.0. The Morgan fingerprint density at radius 2 is 2.14 bits per heavy atom. The highest BCUT2D eigenvalue weighted by Crippen LogP contribution is 2.23. The summed E-state index contributed by atoms with van der Waals surface area (Å²) < 4.78 is 1.78. The Kier molecular flexibility index (Phi) is 4.87. The summed E-state index contributed by atoms with van der Waals surface area (Å²) in [6, 6.07) is 8.05. The largest absolute Gasteiger partial charge is 0.347 e. The molecule has 0 unspecified atom stereocenters. The lowest BCUT2D eigenvalue weighted by molar-refractivity contribution is -0.117. The third-order valence-corrected chi connectivity index (χ3v) is 3.47. The first-order valence-electron chi connectivity index (χ1n) is 6.99. The predicted molar refractivity (Wildman–Crippen MR) is 81.8 cm³/mol. The van der Waals surface area contributed by atoms with Gasteiger partial charge in [0.1, 0.15) is 12.7 Å². The number of hydrogen-bond donors (Lipinski definition) is 1. The van der Waals surface area contributed by atoms with Crippen LogP contribution in [0.2, 0.25) is 0 Å². The van der Waals surface area contributed by atoms with Gasteiger partial charge in [-0.15, -0.1) is 0 Å². The molecule has 0 aliphatic rings. The maximum Gasteiger partial charge on any atom is 0.243 e. The molecular weight excluding hydrogens is 264 g/mol. The maximum atomic E-state index is 11.7. The highest BCUT2D eigenvalue weighted by atomic mass is 16.1. The molecule has 0 saturated carbocycles. The Bertz CT molecular complexity index is 589. The molecule has 0 aliphatic carbocycles. The molecule has 2 aromatic rings. The van der Waals surface area contributed by atoms with Gasteiger partial charge in [0.25, 0.3) is 0 Å². The molecule has 21 heavy (non-hydrogen) atoms. The highest BCUT2D eigenvalue weighted by molar-refractivity contribution is 5.87. The zero-order valence-corrected chi connectivity index (χ0v) is 12.4. The lowest BCUT2D eigenvalue weighted by atomic mass is 9.96. The molecule has 2 rings (SSSR count). The average molecular weight is 284 g/mol. The maximum absolute atomic E-state index is 11.7. The number of nitrogens with zero attached hydrogens (tertiary/aromatic N) is 3. The number of benzene rings is 1. The minimum absolute atomic E-state index is 0.0834. The zero-order chi connectivity index (χ0) is 15.2. The van der Waals surface area contributed by atoms with E-state index >= 15 is 0 Å². The number of aromatic nitrogens is 3. The van der Waals surface area contributed by atoms with Crippen molar-refractivity contribution in [1.82, 2.24) is 20.1 Å². The summed E-state index contributed by atoms with van der Waals surface area (Å²) >= 11 is 0. The Morgan fingerprint density at radius 3 is 2.67 bits per heavy atom. The molecule has 1 amide bonds. The van der Waals surface area contributed by atoms with Crippen molar-refractivity contribution in [3.05, 3.63) is 60.7 Å². The second-order valence-electron chi connectivity index (χ2n) is 4.96. The Hall–Kier alpha value is -2.43. The lowest BCUT2D eigenvalue weighted by Gasteiger charge is -2.27. The molecule has 0 radical (unpaired) electrons. The summed E-state index contributed by atoms with van der Waals surface area (Å²) in [4.78, 5) is 15.7. The molecule has 0 bridgehead atoms. The number of carbonyl (C=O) groups excluding carboxylic acids is 1. The molecule has 1 N–H and O–H groups in total. The van der Waals surface area contributed by atoms with Crippen molar-refractivity contribution in [3.8, 4) is 0 Å². The summed E-state index contributed by atoms with van der Waals surface area (Å²) in [6.45, 7) is 7.59. The number of nitrogens with one attached hydrogen (secondary N) is 1. The van der Waals surface area contributed by atoms with Crippen LogP contribution in [0.4, 0.5) is 0 Å². The van der Waals surface area contributed by atoms with Crippen molar-refractivity contribution in [2.24, 2.45) is 0 Å². The van der Waals surface area contributed by atoms with Gasteiger partial charge in [-0.3, -0.25) is 4.79 Å². The quantitative estimate of drug-likeness (QED) is 0.828. The van der Waals surface area contributed by atoms with Gasteiger partial charge in [0.2, 0.25) is 5.91 Å². The Balaban J connectivity index is 2.37.